The van der Waals surface area contributed by atoms with Gasteiger partial charge in [0, 0.05) is 11.3 Å². The molecule has 0 aliphatic rings. The van der Waals surface area contributed by atoms with E-state index < -0.39 is 5.97 Å². The van der Waals surface area contributed by atoms with Gasteiger partial charge in [-0.3, -0.25) is 0 Å². The Bertz CT molecular complexity index is 584. The number of esters is 1. The largest absolute Gasteiger partial charge is 0.461 e. The summed E-state index contributed by atoms with van der Waals surface area (Å²) >= 11 is 1.83. The second-order valence-electron chi connectivity index (χ2n) is 4.29. The van der Waals surface area contributed by atoms with Gasteiger partial charge in [-0.25, -0.2) is 9.48 Å². The Morgan fingerprint density at radius 1 is 1.29 bits per heavy atom. The minimum absolute atomic E-state index is 0.282. The predicted octanol–water partition coefficient (Wildman–Crippen LogP) is 2.87. The molecule has 2 aromatic rings. The van der Waals surface area contributed by atoms with E-state index >= 15 is 0 Å². The monoisotopic (exact) mass is 305 g/mol. The molecule has 0 unspecified atom stereocenters. The van der Waals surface area contributed by atoms with Crippen LogP contribution in [0.25, 0.3) is 11.3 Å². The maximum Gasteiger partial charge on any atom is 0.361 e. The summed E-state index contributed by atoms with van der Waals surface area (Å²) in [4.78, 5) is 12.0. The van der Waals surface area contributed by atoms with Gasteiger partial charge in [-0.15, -0.1) is 5.10 Å². The average molecular weight is 305 g/mol. The van der Waals surface area contributed by atoms with Crippen LogP contribution in [0.1, 0.15) is 24.3 Å². The van der Waals surface area contributed by atoms with Crippen LogP contribution in [0.15, 0.2) is 30.3 Å². The third-order valence-electron chi connectivity index (χ3n) is 2.90. The van der Waals surface area contributed by atoms with E-state index in [2.05, 4.69) is 17.2 Å². The highest BCUT2D eigenvalue weighted by Crippen LogP contribution is 2.23. The van der Waals surface area contributed by atoms with E-state index in [0.717, 1.165) is 29.3 Å². The van der Waals surface area contributed by atoms with Crippen molar-refractivity contribution in [1.29, 1.82) is 0 Å². The first-order valence-corrected chi connectivity index (χ1v) is 8.17. The van der Waals surface area contributed by atoms with E-state index in [1.165, 1.54) is 0 Å². The maximum absolute atomic E-state index is 12.0. The van der Waals surface area contributed by atoms with Crippen molar-refractivity contribution >= 4 is 17.7 Å². The van der Waals surface area contributed by atoms with Crippen LogP contribution >= 0.6 is 11.8 Å². The SMILES string of the molecule is CCOC(=O)c1nnn(CCSCC)c1-c1ccccc1. The first kappa shape index (κ1) is 15.6. The lowest BCUT2D eigenvalue weighted by atomic mass is 10.1. The molecule has 0 spiro atoms. The van der Waals surface area contributed by atoms with Gasteiger partial charge in [0.1, 0.15) is 5.69 Å². The number of aryl methyl sites for hydroxylation is 1. The van der Waals surface area contributed by atoms with Gasteiger partial charge < -0.3 is 4.74 Å². The third kappa shape index (κ3) is 3.85. The highest BCUT2D eigenvalue weighted by atomic mass is 32.2. The summed E-state index contributed by atoms with van der Waals surface area (Å²) in [6.07, 6.45) is 0. The van der Waals surface area contributed by atoms with E-state index in [9.17, 15) is 4.79 Å². The molecule has 0 fully saturated rings. The fourth-order valence-corrected chi connectivity index (χ4v) is 2.57. The number of aromatic nitrogens is 3. The number of hydrogen-bond donors (Lipinski definition) is 0. The van der Waals surface area contributed by atoms with Crippen LogP contribution in [-0.4, -0.2) is 39.1 Å². The molecule has 21 heavy (non-hydrogen) atoms. The molecule has 0 aliphatic heterocycles. The molecule has 5 nitrogen and oxygen atoms in total. The number of rotatable bonds is 7. The average Bonchev–Trinajstić information content (AvgIpc) is 2.93. The van der Waals surface area contributed by atoms with Crippen molar-refractivity contribution in [1.82, 2.24) is 15.0 Å². The quantitative estimate of drug-likeness (QED) is 0.581. The second kappa shape index (κ2) is 7.83. The molecule has 0 saturated carbocycles. The molecule has 0 bridgehead atoms. The summed E-state index contributed by atoms with van der Waals surface area (Å²) in [6, 6.07) is 9.70. The highest BCUT2D eigenvalue weighted by molar-refractivity contribution is 7.99. The lowest BCUT2D eigenvalue weighted by molar-refractivity contribution is 0.0520. The lowest BCUT2D eigenvalue weighted by Gasteiger charge is -2.07. The topological polar surface area (TPSA) is 57.0 Å². The van der Waals surface area contributed by atoms with Crippen LogP contribution < -0.4 is 0 Å². The molecule has 1 aromatic carbocycles. The van der Waals surface area contributed by atoms with Crippen LogP contribution in [0.5, 0.6) is 0 Å². The van der Waals surface area contributed by atoms with Crippen molar-refractivity contribution in [3.63, 3.8) is 0 Å². The maximum atomic E-state index is 12.0. The fraction of sp³-hybridized carbons (Fsp3) is 0.400. The Labute approximate surface area is 128 Å². The highest BCUT2D eigenvalue weighted by Gasteiger charge is 2.21. The number of thioether (sulfide) groups is 1. The lowest BCUT2D eigenvalue weighted by Crippen LogP contribution is -2.09. The zero-order valence-electron chi connectivity index (χ0n) is 12.3. The molecule has 0 N–H and O–H groups in total. The summed E-state index contributed by atoms with van der Waals surface area (Å²) in [7, 11) is 0. The molecule has 0 atom stereocenters. The minimum Gasteiger partial charge on any atom is -0.461 e. The van der Waals surface area contributed by atoms with Gasteiger partial charge in [0.05, 0.1) is 13.2 Å². The van der Waals surface area contributed by atoms with E-state index in [1.54, 1.807) is 11.6 Å². The zero-order chi connectivity index (χ0) is 15.1. The molecule has 6 heteroatoms. The Balaban J connectivity index is 2.35. The van der Waals surface area contributed by atoms with Gasteiger partial charge in [0.2, 0.25) is 0 Å². The molecule has 2 rings (SSSR count). The number of ether oxygens (including phenoxy) is 1. The van der Waals surface area contributed by atoms with Gasteiger partial charge in [-0.1, -0.05) is 42.5 Å². The van der Waals surface area contributed by atoms with Gasteiger partial charge in [-0.2, -0.15) is 11.8 Å². The van der Waals surface area contributed by atoms with E-state index in [0.29, 0.717) is 6.61 Å². The van der Waals surface area contributed by atoms with Gasteiger partial charge in [0.15, 0.2) is 5.69 Å². The molecular weight excluding hydrogens is 286 g/mol. The van der Waals surface area contributed by atoms with Crippen LogP contribution in [0.2, 0.25) is 0 Å². The Hall–Kier alpha value is -1.82. The van der Waals surface area contributed by atoms with Crippen LogP contribution in [0.4, 0.5) is 0 Å². The van der Waals surface area contributed by atoms with Crippen molar-refractivity contribution in [2.24, 2.45) is 0 Å². The van der Waals surface area contributed by atoms with Crippen LogP contribution in [-0.2, 0) is 11.3 Å². The summed E-state index contributed by atoms with van der Waals surface area (Å²) in [5, 5.41) is 8.14. The van der Waals surface area contributed by atoms with E-state index in [4.69, 9.17) is 4.74 Å². The smallest absolute Gasteiger partial charge is 0.361 e. The molecule has 1 heterocycles. The van der Waals surface area contributed by atoms with Crippen molar-refractivity contribution in [2.45, 2.75) is 20.4 Å². The number of nitrogens with zero attached hydrogens (tertiary/aromatic N) is 3. The number of carbonyl (C=O) groups is 1. The molecule has 1 aromatic heterocycles. The third-order valence-corrected chi connectivity index (χ3v) is 3.78. The summed E-state index contributed by atoms with van der Waals surface area (Å²) in [6.45, 7) is 4.94. The van der Waals surface area contributed by atoms with E-state index in [1.807, 2.05) is 42.1 Å². The zero-order valence-corrected chi connectivity index (χ0v) is 13.1. The Morgan fingerprint density at radius 3 is 2.71 bits per heavy atom. The van der Waals surface area contributed by atoms with Crippen LogP contribution in [0, 0.1) is 0 Å². The van der Waals surface area contributed by atoms with Crippen molar-refractivity contribution < 1.29 is 9.53 Å². The predicted molar refractivity (Wildman–Crippen MR) is 84.4 cm³/mol. The number of hydrogen-bond acceptors (Lipinski definition) is 5. The molecule has 0 amide bonds. The number of carbonyl (C=O) groups excluding carboxylic acids is 1. The van der Waals surface area contributed by atoms with Crippen molar-refractivity contribution in [3.8, 4) is 11.3 Å². The van der Waals surface area contributed by atoms with Crippen LogP contribution in [0.3, 0.4) is 0 Å². The van der Waals surface area contributed by atoms with Crippen molar-refractivity contribution in [3.05, 3.63) is 36.0 Å². The molecule has 0 saturated heterocycles. The summed E-state index contributed by atoms with van der Waals surface area (Å²) < 4.78 is 6.85. The molecular formula is C15H19N3O2S. The summed E-state index contributed by atoms with van der Waals surface area (Å²) in [5.41, 5.74) is 1.93. The molecule has 0 aliphatic carbocycles. The second-order valence-corrected chi connectivity index (χ2v) is 5.69. The minimum atomic E-state index is -0.425. The van der Waals surface area contributed by atoms with Gasteiger partial charge in [0.25, 0.3) is 0 Å². The standard InChI is InChI=1S/C15H19N3O2S/c1-3-20-15(19)13-14(12-8-6-5-7-9-12)18(17-16-13)10-11-21-4-2/h5-9H,3-4,10-11H2,1-2H3. The van der Waals surface area contributed by atoms with Gasteiger partial charge >= 0.3 is 5.97 Å². The first-order valence-electron chi connectivity index (χ1n) is 7.01. The Morgan fingerprint density at radius 2 is 2.05 bits per heavy atom. The molecule has 0 radical (unpaired) electrons. The number of benzene rings is 1. The van der Waals surface area contributed by atoms with E-state index in [-0.39, 0.29) is 5.69 Å². The summed E-state index contributed by atoms with van der Waals surface area (Å²) in [5.74, 6) is 1.56. The first-order chi connectivity index (χ1) is 10.3. The fourth-order valence-electron chi connectivity index (χ4n) is 1.98. The molecule has 112 valence electrons. The Kier molecular flexibility index (Phi) is 5.80. The van der Waals surface area contributed by atoms with Gasteiger partial charge in [-0.05, 0) is 12.7 Å². The van der Waals surface area contributed by atoms with Crippen molar-refractivity contribution in [2.75, 3.05) is 18.1 Å². The normalized spacial score (nSPS) is 10.6.